The fourth-order valence-corrected chi connectivity index (χ4v) is 3.38. The Bertz CT molecular complexity index is 774. The van der Waals surface area contributed by atoms with E-state index < -0.39 is 10.0 Å². The molecule has 0 atom stereocenters. The molecule has 0 amide bonds. The zero-order valence-electron chi connectivity index (χ0n) is 11.6. The molecule has 0 bridgehead atoms. The summed E-state index contributed by atoms with van der Waals surface area (Å²) in [6.45, 7) is 1.71. The van der Waals surface area contributed by atoms with Gasteiger partial charge in [-0.25, -0.2) is 13.4 Å². The van der Waals surface area contributed by atoms with Crippen molar-refractivity contribution in [2.45, 2.75) is 11.8 Å². The maximum absolute atomic E-state index is 12.7. The molecule has 2 rings (SSSR count). The molecule has 2 N–H and O–H groups in total. The summed E-state index contributed by atoms with van der Waals surface area (Å²) in [5.74, 6) is 0.357. The molecule has 0 aliphatic heterocycles. The lowest BCUT2D eigenvalue weighted by atomic mass is 10.1. The minimum absolute atomic E-state index is 0.204. The van der Waals surface area contributed by atoms with Gasteiger partial charge in [0.05, 0.1) is 4.90 Å². The lowest BCUT2D eigenvalue weighted by Gasteiger charge is -2.19. The quantitative estimate of drug-likeness (QED) is 0.870. The number of hydrogen-bond acceptors (Lipinski definition) is 4. The van der Waals surface area contributed by atoms with Crippen molar-refractivity contribution in [3.05, 3.63) is 53.7 Å². The highest BCUT2D eigenvalue weighted by molar-refractivity contribution is 7.92. The van der Waals surface area contributed by atoms with Gasteiger partial charge in [-0.15, -0.1) is 0 Å². The molecule has 21 heavy (non-hydrogen) atoms. The molecule has 0 aliphatic rings. The number of nitrogens with zero attached hydrogens (tertiary/aromatic N) is 2. The van der Waals surface area contributed by atoms with Gasteiger partial charge in [-0.1, -0.05) is 24.4 Å². The van der Waals surface area contributed by atoms with Crippen molar-refractivity contribution in [3.8, 4) is 0 Å². The van der Waals surface area contributed by atoms with Crippen LogP contribution < -0.4 is 10.0 Å². The van der Waals surface area contributed by atoms with E-state index in [9.17, 15) is 8.42 Å². The molecule has 2 aromatic rings. The van der Waals surface area contributed by atoms with Crippen molar-refractivity contribution in [1.82, 2.24) is 4.98 Å². The standard InChI is InChI=1S/C14H15N3O2S2/c1-10-9-11(14(15)20)6-7-12(10)21(18,19)17(2)13-5-3-4-8-16-13/h3-9H,1-2H3,(H2,15,20). The van der Waals surface area contributed by atoms with E-state index in [2.05, 4.69) is 4.98 Å². The fourth-order valence-electron chi connectivity index (χ4n) is 1.90. The van der Waals surface area contributed by atoms with Crippen LogP contribution in [0.15, 0.2) is 47.5 Å². The zero-order chi connectivity index (χ0) is 15.6. The van der Waals surface area contributed by atoms with E-state index in [1.54, 1.807) is 43.5 Å². The Morgan fingerprint density at radius 3 is 2.52 bits per heavy atom. The summed E-state index contributed by atoms with van der Waals surface area (Å²) in [4.78, 5) is 4.49. The molecule has 0 fully saturated rings. The van der Waals surface area contributed by atoms with Gasteiger partial charge >= 0.3 is 0 Å². The monoisotopic (exact) mass is 321 g/mol. The first-order valence-electron chi connectivity index (χ1n) is 6.14. The minimum atomic E-state index is -3.68. The fraction of sp³-hybridized carbons (Fsp3) is 0.143. The second-order valence-corrected chi connectivity index (χ2v) is 6.88. The summed E-state index contributed by atoms with van der Waals surface area (Å²) >= 11 is 4.89. The summed E-state index contributed by atoms with van der Waals surface area (Å²) < 4.78 is 26.5. The molecule has 0 radical (unpaired) electrons. The Labute approximate surface area is 129 Å². The first kappa shape index (κ1) is 15.4. The number of sulfonamides is 1. The molecule has 0 saturated carbocycles. The van der Waals surface area contributed by atoms with E-state index >= 15 is 0 Å². The molecule has 0 saturated heterocycles. The molecule has 7 heteroatoms. The molecule has 5 nitrogen and oxygen atoms in total. The van der Waals surface area contributed by atoms with Crippen molar-refractivity contribution < 1.29 is 8.42 Å². The van der Waals surface area contributed by atoms with Crippen molar-refractivity contribution in [3.63, 3.8) is 0 Å². The second kappa shape index (κ2) is 5.79. The van der Waals surface area contributed by atoms with Gasteiger partial charge in [-0.05, 0) is 36.8 Å². The van der Waals surface area contributed by atoms with Crippen LogP contribution in [0.2, 0.25) is 0 Å². The third kappa shape index (κ3) is 3.03. The zero-order valence-corrected chi connectivity index (χ0v) is 13.3. The van der Waals surface area contributed by atoms with E-state index in [1.165, 1.54) is 13.1 Å². The van der Waals surface area contributed by atoms with Gasteiger partial charge < -0.3 is 5.73 Å². The van der Waals surface area contributed by atoms with Gasteiger partial charge in [0, 0.05) is 18.8 Å². The van der Waals surface area contributed by atoms with Crippen LogP contribution in [0.4, 0.5) is 5.82 Å². The number of thiocarbonyl (C=S) groups is 1. The highest BCUT2D eigenvalue weighted by atomic mass is 32.2. The van der Waals surface area contributed by atoms with Crippen LogP contribution in [0, 0.1) is 6.92 Å². The first-order valence-corrected chi connectivity index (χ1v) is 7.99. The minimum Gasteiger partial charge on any atom is -0.389 e. The van der Waals surface area contributed by atoms with Crippen LogP contribution in [-0.4, -0.2) is 25.4 Å². The highest BCUT2D eigenvalue weighted by Gasteiger charge is 2.24. The van der Waals surface area contributed by atoms with Gasteiger partial charge in [0.25, 0.3) is 10.0 Å². The summed E-state index contributed by atoms with van der Waals surface area (Å²) in [7, 11) is -2.21. The second-order valence-electron chi connectivity index (χ2n) is 4.50. The number of rotatable bonds is 4. The number of benzene rings is 1. The summed E-state index contributed by atoms with van der Waals surface area (Å²) in [6, 6.07) is 9.88. The third-order valence-corrected chi connectivity index (χ3v) is 5.23. The lowest BCUT2D eigenvalue weighted by molar-refractivity contribution is 0.593. The highest BCUT2D eigenvalue weighted by Crippen LogP contribution is 2.23. The van der Waals surface area contributed by atoms with Gasteiger partial charge in [0.15, 0.2) is 0 Å². The SMILES string of the molecule is Cc1cc(C(N)=S)ccc1S(=O)(=O)N(C)c1ccccn1. The Morgan fingerprint density at radius 1 is 1.29 bits per heavy atom. The number of anilines is 1. The van der Waals surface area contributed by atoms with Crippen LogP contribution in [0.3, 0.4) is 0 Å². The normalized spacial score (nSPS) is 11.1. The van der Waals surface area contributed by atoms with Gasteiger partial charge in [-0.2, -0.15) is 0 Å². The smallest absolute Gasteiger partial charge is 0.265 e. The Kier molecular flexibility index (Phi) is 4.24. The van der Waals surface area contributed by atoms with Crippen molar-refractivity contribution in [1.29, 1.82) is 0 Å². The van der Waals surface area contributed by atoms with E-state index in [0.717, 1.165) is 4.31 Å². The molecular weight excluding hydrogens is 306 g/mol. The van der Waals surface area contributed by atoms with Crippen LogP contribution >= 0.6 is 12.2 Å². The number of nitrogens with two attached hydrogens (primary N) is 1. The number of aromatic nitrogens is 1. The Balaban J connectivity index is 2.47. The number of hydrogen-bond donors (Lipinski definition) is 1. The molecule has 1 aromatic heterocycles. The number of pyridine rings is 1. The van der Waals surface area contributed by atoms with Crippen LogP contribution in [0.5, 0.6) is 0 Å². The van der Waals surface area contributed by atoms with Crippen molar-refractivity contribution in [2.75, 3.05) is 11.4 Å². The van der Waals surface area contributed by atoms with Gasteiger partial charge in [0.1, 0.15) is 10.8 Å². The van der Waals surface area contributed by atoms with Crippen LogP contribution in [0.25, 0.3) is 0 Å². The maximum Gasteiger partial charge on any atom is 0.265 e. The maximum atomic E-state index is 12.7. The molecule has 0 unspecified atom stereocenters. The molecule has 0 aliphatic carbocycles. The first-order chi connectivity index (χ1) is 9.84. The third-order valence-electron chi connectivity index (χ3n) is 3.07. The molecule has 1 heterocycles. The molecule has 1 aromatic carbocycles. The average Bonchev–Trinajstić information content (AvgIpc) is 2.46. The van der Waals surface area contributed by atoms with E-state index in [0.29, 0.717) is 16.9 Å². The van der Waals surface area contributed by atoms with Gasteiger partial charge in [0.2, 0.25) is 0 Å². The molecule has 110 valence electrons. The largest absolute Gasteiger partial charge is 0.389 e. The summed E-state index contributed by atoms with van der Waals surface area (Å²) in [6.07, 6.45) is 1.55. The Morgan fingerprint density at radius 2 is 2.00 bits per heavy atom. The van der Waals surface area contributed by atoms with Crippen molar-refractivity contribution >= 4 is 33.0 Å². The van der Waals surface area contributed by atoms with Gasteiger partial charge in [-0.3, -0.25) is 4.31 Å². The van der Waals surface area contributed by atoms with E-state index in [4.69, 9.17) is 18.0 Å². The Hall–Kier alpha value is -1.99. The number of aryl methyl sites for hydroxylation is 1. The molecular formula is C14H15N3O2S2. The predicted octanol–water partition coefficient (Wildman–Crippen LogP) is 1.85. The average molecular weight is 321 g/mol. The van der Waals surface area contributed by atoms with E-state index in [1.807, 2.05) is 0 Å². The molecule has 0 spiro atoms. The topological polar surface area (TPSA) is 76.3 Å². The summed E-state index contributed by atoms with van der Waals surface area (Å²) in [5.41, 5.74) is 6.78. The van der Waals surface area contributed by atoms with E-state index in [-0.39, 0.29) is 9.88 Å². The summed E-state index contributed by atoms with van der Waals surface area (Å²) in [5, 5.41) is 0. The van der Waals surface area contributed by atoms with Crippen molar-refractivity contribution in [2.24, 2.45) is 5.73 Å². The predicted molar refractivity (Wildman–Crippen MR) is 86.9 cm³/mol. The van der Waals surface area contributed by atoms with Crippen LogP contribution in [-0.2, 0) is 10.0 Å². The lowest BCUT2D eigenvalue weighted by Crippen LogP contribution is -2.28. The van der Waals surface area contributed by atoms with Crippen LogP contribution in [0.1, 0.15) is 11.1 Å².